The fraction of sp³-hybridized carbons (Fsp3) is 0.385. The Balaban J connectivity index is 1.45. The summed E-state index contributed by atoms with van der Waals surface area (Å²) in [6.07, 6.45) is -1.79. The molecule has 3 aromatic rings. The van der Waals surface area contributed by atoms with Gasteiger partial charge < -0.3 is 19.9 Å². The lowest BCUT2D eigenvalue weighted by Gasteiger charge is -2.34. The van der Waals surface area contributed by atoms with Crippen LogP contribution >= 0.6 is 0 Å². The van der Waals surface area contributed by atoms with Crippen molar-refractivity contribution in [2.24, 2.45) is 0 Å². The normalized spacial score (nSPS) is 16.7. The van der Waals surface area contributed by atoms with E-state index < -0.39 is 29.8 Å². The number of carbonyl (C=O) groups excluding carboxylic acids is 2. The fourth-order valence-corrected chi connectivity index (χ4v) is 4.89. The Morgan fingerprint density at radius 2 is 1.74 bits per heavy atom. The average molecular weight is 488 g/mol. The van der Waals surface area contributed by atoms with Gasteiger partial charge in [-0.05, 0) is 42.0 Å². The van der Waals surface area contributed by atoms with Gasteiger partial charge in [-0.15, -0.1) is 0 Å². The number of para-hydroxylation sites is 1. The summed E-state index contributed by atoms with van der Waals surface area (Å²) in [5.41, 5.74) is 1.44. The van der Waals surface area contributed by atoms with Crippen LogP contribution in [0.15, 0.2) is 54.7 Å². The van der Waals surface area contributed by atoms with Crippen LogP contribution in [0.25, 0.3) is 10.9 Å². The maximum atomic E-state index is 13.4. The molecular formula is C26H28F3N3O3. The number of H-pyrrole nitrogens is 1. The molecular weight excluding hydrogens is 459 g/mol. The first-order valence-corrected chi connectivity index (χ1v) is 11.6. The van der Waals surface area contributed by atoms with Crippen LogP contribution in [0.5, 0.6) is 0 Å². The van der Waals surface area contributed by atoms with Crippen molar-refractivity contribution >= 4 is 22.9 Å². The summed E-state index contributed by atoms with van der Waals surface area (Å²) < 4.78 is 45.3. The molecule has 2 atom stereocenters. The number of carbonyl (C=O) groups is 2. The molecule has 0 spiro atoms. The number of aromatic nitrogens is 1. The Hall–Kier alpha value is -3.49. The molecule has 9 heteroatoms. The van der Waals surface area contributed by atoms with Gasteiger partial charge in [-0.3, -0.25) is 0 Å². The van der Waals surface area contributed by atoms with Gasteiger partial charge in [0.1, 0.15) is 6.04 Å². The zero-order valence-corrected chi connectivity index (χ0v) is 19.6. The first kappa shape index (κ1) is 24.6. The van der Waals surface area contributed by atoms with Crippen molar-refractivity contribution in [2.45, 2.75) is 43.8 Å². The van der Waals surface area contributed by atoms with Crippen LogP contribution in [-0.4, -0.2) is 48.1 Å². The number of nitrogens with zero attached hydrogens (tertiary/aromatic N) is 1. The molecule has 1 aliphatic rings. The van der Waals surface area contributed by atoms with E-state index in [0.29, 0.717) is 12.8 Å². The van der Waals surface area contributed by atoms with E-state index in [2.05, 4.69) is 10.3 Å². The highest BCUT2D eigenvalue weighted by Gasteiger charge is 2.37. The monoisotopic (exact) mass is 487 g/mol. The van der Waals surface area contributed by atoms with Crippen LogP contribution in [0.4, 0.5) is 18.0 Å². The summed E-state index contributed by atoms with van der Waals surface area (Å²) in [6, 6.07) is 11.9. The molecule has 2 amide bonds. The van der Waals surface area contributed by atoms with E-state index in [1.165, 1.54) is 19.2 Å². The van der Waals surface area contributed by atoms with E-state index >= 15 is 0 Å². The number of halogens is 3. The van der Waals surface area contributed by atoms with Gasteiger partial charge in [0.15, 0.2) is 0 Å². The van der Waals surface area contributed by atoms with Gasteiger partial charge in [-0.2, -0.15) is 13.2 Å². The van der Waals surface area contributed by atoms with Gasteiger partial charge in [0.25, 0.3) is 0 Å². The number of fused-ring (bicyclic) bond motifs is 1. The van der Waals surface area contributed by atoms with Crippen molar-refractivity contribution in [1.29, 1.82) is 0 Å². The minimum absolute atomic E-state index is 0.264. The van der Waals surface area contributed by atoms with E-state index in [9.17, 15) is 22.8 Å². The molecule has 186 valence electrons. The summed E-state index contributed by atoms with van der Waals surface area (Å²) in [5.74, 6) is -1.23. The van der Waals surface area contributed by atoms with Gasteiger partial charge in [-0.1, -0.05) is 43.3 Å². The molecule has 0 radical (unpaired) electrons. The number of esters is 1. The molecule has 0 aliphatic carbocycles. The SMILES string of the molecule is COC(=O)[C@H](NC(=O)N1CCC(c2ccccc2C(F)(F)F)CC1)[C@@H](C)c1c[nH]c2ccccc12. The molecule has 1 aromatic heterocycles. The van der Waals surface area contributed by atoms with Gasteiger partial charge >= 0.3 is 18.2 Å². The van der Waals surface area contributed by atoms with Gasteiger partial charge in [-0.25, -0.2) is 9.59 Å². The third-order valence-corrected chi connectivity index (χ3v) is 6.83. The highest BCUT2D eigenvalue weighted by atomic mass is 19.4. The van der Waals surface area contributed by atoms with Gasteiger partial charge in [0, 0.05) is 36.1 Å². The van der Waals surface area contributed by atoms with Gasteiger partial charge in [0.05, 0.1) is 12.7 Å². The smallest absolute Gasteiger partial charge is 0.416 e. The predicted octanol–water partition coefficient (Wildman–Crippen LogP) is 5.42. The number of rotatable bonds is 5. The summed E-state index contributed by atoms with van der Waals surface area (Å²) in [7, 11) is 1.27. The number of benzene rings is 2. The Labute approximate surface area is 201 Å². The second kappa shape index (κ2) is 10.0. The zero-order valence-electron chi connectivity index (χ0n) is 19.6. The lowest BCUT2D eigenvalue weighted by atomic mass is 9.86. The molecule has 0 bridgehead atoms. The molecule has 1 saturated heterocycles. The highest BCUT2D eigenvalue weighted by molar-refractivity contribution is 5.88. The lowest BCUT2D eigenvalue weighted by molar-refractivity contribution is -0.143. The Morgan fingerprint density at radius 1 is 1.09 bits per heavy atom. The lowest BCUT2D eigenvalue weighted by Crippen LogP contribution is -2.52. The number of nitrogens with one attached hydrogen (secondary N) is 2. The summed E-state index contributed by atoms with van der Waals surface area (Å²) in [6.45, 7) is 2.42. The number of hydrogen-bond acceptors (Lipinski definition) is 3. The minimum atomic E-state index is -4.42. The number of hydrogen-bond donors (Lipinski definition) is 2. The molecule has 2 N–H and O–H groups in total. The first-order chi connectivity index (χ1) is 16.7. The minimum Gasteiger partial charge on any atom is -0.467 e. The maximum Gasteiger partial charge on any atom is 0.416 e. The van der Waals surface area contributed by atoms with E-state index in [4.69, 9.17) is 4.74 Å². The van der Waals surface area contributed by atoms with E-state index in [0.717, 1.165) is 22.5 Å². The summed E-state index contributed by atoms with van der Waals surface area (Å²) in [4.78, 5) is 30.4. The summed E-state index contributed by atoms with van der Waals surface area (Å²) >= 11 is 0. The Morgan fingerprint density at radius 3 is 2.43 bits per heavy atom. The van der Waals surface area contributed by atoms with E-state index in [1.54, 1.807) is 11.0 Å². The molecule has 6 nitrogen and oxygen atoms in total. The maximum absolute atomic E-state index is 13.4. The second-order valence-electron chi connectivity index (χ2n) is 8.87. The number of alkyl halides is 3. The number of methoxy groups -OCH3 is 1. The van der Waals surface area contributed by atoms with Crippen molar-refractivity contribution in [3.05, 3.63) is 71.4 Å². The fourth-order valence-electron chi connectivity index (χ4n) is 4.89. The third-order valence-electron chi connectivity index (χ3n) is 6.83. The van der Waals surface area contributed by atoms with Crippen molar-refractivity contribution < 1.29 is 27.5 Å². The largest absolute Gasteiger partial charge is 0.467 e. The van der Waals surface area contributed by atoms with E-state index in [-0.39, 0.29) is 30.5 Å². The van der Waals surface area contributed by atoms with Crippen LogP contribution < -0.4 is 5.32 Å². The van der Waals surface area contributed by atoms with Crippen LogP contribution in [-0.2, 0) is 15.7 Å². The van der Waals surface area contributed by atoms with E-state index in [1.807, 2.05) is 37.4 Å². The molecule has 0 saturated carbocycles. The number of urea groups is 1. The van der Waals surface area contributed by atoms with Crippen LogP contribution in [0.1, 0.15) is 48.3 Å². The number of likely N-dealkylation sites (tertiary alicyclic amines) is 1. The Kier molecular flexibility index (Phi) is 7.05. The molecule has 35 heavy (non-hydrogen) atoms. The van der Waals surface area contributed by atoms with Gasteiger partial charge in [0.2, 0.25) is 0 Å². The average Bonchev–Trinajstić information content (AvgIpc) is 3.30. The molecule has 1 fully saturated rings. The molecule has 0 unspecified atom stereocenters. The first-order valence-electron chi connectivity index (χ1n) is 11.6. The van der Waals surface area contributed by atoms with Crippen LogP contribution in [0, 0.1) is 0 Å². The van der Waals surface area contributed by atoms with Crippen molar-refractivity contribution in [1.82, 2.24) is 15.2 Å². The zero-order chi connectivity index (χ0) is 25.2. The number of aromatic amines is 1. The Bertz CT molecular complexity index is 1200. The predicted molar refractivity (Wildman–Crippen MR) is 126 cm³/mol. The molecule has 2 aromatic carbocycles. The van der Waals surface area contributed by atoms with Crippen molar-refractivity contribution in [3.8, 4) is 0 Å². The van der Waals surface area contributed by atoms with Crippen LogP contribution in [0.3, 0.4) is 0 Å². The second-order valence-corrected chi connectivity index (χ2v) is 8.87. The quantitative estimate of drug-likeness (QED) is 0.472. The highest BCUT2D eigenvalue weighted by Crippen LogP contribution is 2.38. The topological polar surface area (TPSA) is 74.4 Å². The number of ether oxygens (including phenoxy) is 1. The molecule has 2 heterocycles. The number of amides is 2. The summed E-state index contributed by atoms with van der Waals surface area (Å²) in [5, 5.41) is 3.75. The van der Waals surface area contributed by atoms with Crippen molar-refractivity contribution in [2.75, 3.05) is 20.2 Å². The van der Waals surface area contributed by atoms with Crippen molar-refractivity contribution in [3.63, 3.8) is 0 Å². The number of piperidine rings is 1. The molecule has 1 aliphatic heterocycles. The molecule has 4 rings (SSSR count). The standard InChI is InChI=1S/C26H28F3N3O3/c1-16(20-15-30-22-10-6-4-8-19(20)22)23(24(33)35-2)31-25(34)32-13-11-17(12-14-32)18-7-3-5-9-21(18)26(27,28)29/h3-10,15-17,23,30H,11-14H2,1-2H3,(H,31,34)/t16-,23+/m0/s1. The van der Waals surface area contributed by atoms with Crippen LogP contribution in [0.2, 0.25) is 0 Å². The third kappa shape index (κ3) is 5.13.